The van der Waals surface area contributed by atoms with Crippen LogP contribution in [0.2, 0.25) is 5.02 Å². The molecular formula is C15H16ClFN2O. The Kier molecular flexibility index (Phi) is 5.21. The molecule has 2 rings (SSSR count). The zero-order chi connectivity index (χ0) is 14.4. The molecule has 20 heavy (non-hydrogen) atoms. The fourth-order valence-corrected chi connectivity index (χ4v) is 1.84. The Balaban J connectivity index is 1.93. The molecule has 0 radical (unpaired) electrons. The van der Waals surface area contributed by atoms with Gasteiger partial charge in [0.25, 0.3) is 0 Å². The van der Waals surface area contributed by atoms with E-state index in [4.69, 9.17) is 22.1 Å². The number of hydrogen-bond donors (Lipinski definition) is 2. The zero-order valence-corrected chi connectivity index (χ0v) is 11.7. The van der Waals surface area contributed by atoms with Gasteiger partial charge in [-0.05, 0) is 36.4 Å². The lowest BCUT2D eigenvalue weighted by molar-refractivity contribution is 0.300. The first-order valence-corrected chi connectivity index (χ1v) is 6.67. The molecule has 0 fully saturated rings. The molecule has 0 unspecified atom stereocenters. The largest absolute Gasteiger partial charge is 0.489 e. The Morgan fingerprint density at radius 2 is 1.90 bits per heavy atom. The van der Waals surface area contributed by atoms with Crippen molar-refractivity contribution in [2.45, 2.75) is 6.61 Å². The van der Waals surface area contributed by atoms with Crippen molar-refractivity contribution in [3.8, 4) is 5.75 Å². The average Bonchev–Trinajstić information content (AvgIpc) is 2.45. The highest BCUT2D eigenvalue weighted by Gasteiger charge is 2.04. The van der Waals surface area contributed by atoms with E-state index >= 15 is 0 Å². The van der Waals surface area contributed by atoms with Gasteiger partial charge in [0.05, 0.1) is 0 Å². The molecular weight excluding hydrogens is 279 g/mol. The number of benzene rings is 2. The quantitative estimate of drug-likeness (QED) is 0.858. The third kappa shape index (κ3) is 4.11. The third-order valence-electron chi connectivity index (χ3n) is 2.74. The van der Waals surface area contributed by atoms with Crippen LogP contribution in [-0.4, -0.2) is 13.1 Å². The van der Waals surface area contributed by atoms with Crippen molar-refractivity contribution < 1.29 is 9.13 Å². The molecule has 0 spiro atoms. The van der Waals surface area contributed by atoms with Crippen LogP contribution in [0.3, 0.4) is 0 Å². The molecule has 3 nitrogen and oxygen atoms in total. The number of nitrogens with two attached hydrogens (primary N) is 1. The molecule has 0 aliphatic rings. The molecule has 0 aliphatic carbocycles. The summed E-state index contributed by atoms with van der Waals surface area (Å²) < 4.78 is 19.1. The SMILES string of the molecule is NCCNc1ccc(OCc2ccc(Cl)cc2F)cc1. The van der Waals surface area contributed by atoms with Gasteiger partial charge in [0, 0.05) is 29.4 Å². The molecule has 0 saturated heterocycles. The van der Waals surface area contributed by atoms with E-state index in [9.17, 15) is 4.39 Å². The van der Waals surface area contributed by atoms with Gasteiger partial charge in [0.15, 0.2) is 0 Å². The summed E-state index contributed by atoms with van der Waals surface area (Å²) in [5.41, 5.74) is 6.86. The van der Waals surface area contributed by atoms with Crippen LogP contribution < -0.4 is 15.8 Å². The van der Waals surface area contributed by atoms with Crippen LogP contribution in [-0.2, 0) is 6.61 Å². The Hall–Kier alpha value is -1.78. The van der Waals surface area contributed by atoms with Crippen LogP contribution in [0.15, 0.2) is 42.5 Å². The first-order chi connectivity index (χ1) is 9.69. The zero-order valence-electron chi connectivity index (χ0n) is 10.9. The maximum absolute atomic E-state index is 13.6. The van der Waals surface area contributed by atoms with E-state index in [1.54, 1.807) is 12.1 Å². The number of halogens is 2. The first-order valence-electron chi connectivity index (χ1n) is 6.30. The Morgan fingerprint density at radius 3 is 2.55 bits per heavy atom. The summed E-state index contributed by atoms with van der Waals surface area (Å²) in [5, 5.41) is 3.53. The predicted molar refractivity (Wildman–Crippen MR) is 79.7 cm³/mol. The third-order valence-corrected chi connectivity index (χ3v) is 2.97. The van der Waals surface area contributed by atoms with E-state index in [2.05, 4.69) is 5.32 Å². The van der Waals surface area contributed by atoms with Crippen molar-refractivity contribution in [2.24, 2.45) is 5.73 Å². The Labute approximate surface area is 122 Å². The summed E-state index contributed by atoms with van der Waals surface area (Å²) in [5.74, 6) is 0.316. The lowest BCUT2D eigenvalue weighted by Gasteiger charge is -2.09. The van der Waals surface area contributed by atoms with E-state index in [1.807, 2.05) is 24.3 Å². The molecule has 3 N–H and O–H groups in total. The fourth-order valence-electron chi connectivity index (χ4n) is 1.69. The molecule has 0 amide bonds. The van der Waals surface area contributed by atoms with Crippen molar-refractivity contribution in [1.82, 2.24) is 0 Å². The predicted octanol–water partition coefficient (Wildman–Crippen LogP) is 3.43. The highest BCUT2D eigenvalue weighted by Crippen LogP contribution is 2.19. The summed E-state index contributed by atoms with van der Waals surface area (Å²) in [7, 11) is 0. The van der Waals surface area contributed by atoms with Crippen molar-refractivity contribution in [2.75, 3.05) is 18.4 Å². The topological polar surface area (TPSA) is 47.3 Å². The van der Waals surface area contributed by atoms with E-state index in [1.165, 1.54) is 6.07 Å². The van der Waals surface area contributed by atoms with E-state index in [0.717, 1.165) is 12.2 Å². The highest BCUT2D eigenvalue weighted by atomic mass is 35.5. The van der Waals surface area contributed by atoms with Gasteiger partial charge < -0.3 is 15.8 Å². The summed E-state index contributed by atoms with van der Waals surface area (Å²) in [4.78, 5) is 0. The van der Waals surface area contributed by atoms with Gasteiger partial charge in [-0.25, -0.2) is 4.39 Å². The second-order valence-electron chi connectivity index (χ2n) is 4.26. The first kappa shape index (κ1) is 14.6. The molecule has 0 heterocycles. The van der Waals surface area contributed by atoms with Gasteiger partial charge in [-0.3, -0.25) is 0 Å². The molecule has 5 heteroatoms. The number of ether oxygens (including phenoxy) is 1. The maximum Gasteiger partial charge on any atom is 0.131 e. The molecule has 0 saturated carbocycles. The monoisotopic (exact) mass is 294 g/mol. The van der Waals surface area contributed by atoms with Crippen molar-refractivity contribution in [1.29, 1.82) is 0 Å². The number of anilines is 1. The maximum atomic E-state index is 13.6. The normalized spacial score (nSPS) is 10.3. The van der Waals surface area contributed by atoms with Crippen molar-refractivity contribution >= 4 is 17.3 Å². The van der Waals surface area contributed by atoms with Crippen LogP contribution >= 0.6 is 11.6 Å². The molecule has 106 valence electrons. The second kappa shape index (κ2) is 7.12. The average molecular weight is 295 g/mol. The molecule has 0 atom stereocenters. The smallest absolute Gasteiger partial charge is 0.131 e. The van der Waals surface area contributed by atoms with Crippen LogP contribution in [0.5, 0.6) is 5.75 Å². The number of rotatable bonds is 6. The molecule has 0 aliphatic heterocycles. The second-order valence-corrected chi connectivity index (χ2v) is 4.70. The number of hydrogen-bond acceptors (Lipinski definition) is 3. The van der Waals surface area contributed by atoms with Crippen LogP contribution in [0, 0.1) is 5.82 Å². The van der Waals surface area contributed by atoms with Crippen molar-refractivity contribution in [3.63, 3.8) is 0 Å². The Morgan fingerprint density at radius 1 is 1.15 bits per heavy atom. The van der Waals surface area contributed by atoms with Gasteiger partial charge in [-0.1, -0.05) is 17.7 Å². The summed E-state index contributed by atoms with van der Waals surface area (Å²) in [6, 6.07) is 12.0. The van der Waals surface area contributed by atoms with Crippen molar-refractivity contribution in [3.05, 3.63) is 58.9 Å². The highest BCUT2D eigenvalue weighted by molar-refractivity contribution is 6.30. The van der Waals surface area contributed by atoms with E-state index in [0.29, 0.717) is 22.9 Å². The van der Waals surface area contributed by atoms with Gasteiger partial charge in [0.2, 0.25) is 0 Å². The summed E-state index contributed by atoms with van der Waals surface area (Å²) >= 11 is 5.70. The standard InChI is InChI=1S/C15H16ClFN2O/c16-12-2-1-11(15(17)9-12)10-20-14-5-3-13(4-6-14)19-8-7-18/h1-6,9,19H,7-8,10,18H2. The fraction of sp³-hybridized carbons (Fsp3) is 0.200. The van der Waals surface area contributed by atoms with Crippen LogP contribution in [0.25, 0.3) is 0 Å². The number of nitrogens with one attached hydrogen (secondary N) is 1. The summed E-state index contributed by atoms with van der Waals surface area (Å²) in [6.45, 7) is 1.46. The molecule has 0 bridgehead atoms. The van der Waals surface area contributed by atoms with Gasteiger partial charge in [0.1, 0.15) is 18.2 Å². The van der Waals surface area contributed by atoms with Gasteiger partial charge in [-0.2, -0.15) is 0 Å². The van der Waals surface area contributed by atoms with E-state index in [-0.39, 0.29) is 12.4 Å². The molecule has 2 aromatic rings. The molecule has 2 aromatic carbocycles. The minimum absolute atomic E-state index is 0.165. The summed E-state index contributed by atoms with van der Waals surface area (Å²) in [6.07, 6.45) is 0. The lowest BCUT2D eigenvalue weighted by atomic mass is 10.2. The lowest BCUT2D eigenvalue weighted by Crippen LogP contribution is -2.12. The van der Waals surface area contributed by atoms with Crippen LogP contribution in [0.4, 0.5) is 10.1 Å². The van der Waals surface area contributed by atoms with Gasteiger partial charge >= 0.3 is 0 Å². The van der Waals surface area contributed by atoms with Crippen LogP contribution in [0.1, 0.15) is 5.56 Å². The molecule has 0 aromatic heterocycles. The Bertz CT molecular complexity index is 560. The van der Waals surface area contributed by atoms with Gasteiger partial charge in [-0.15, -0.1) is 0 Å². The van der Waals surface area contributed by atoms with E-state index < -0.39 is 0 Å². The minimum Gasteiger partial charge on any atom is -0.489 e. The minimum atomic E-state index is -0.362.